The zero-order chi connectivity index (χ0) is 13.9. The van der Waals surface area contributed by atoms with E-state index in [0.29, 0.717) is 12.1 Å². The number of aryl methyl sites for hydroxylation is 1. The number of hydrogen-bond acceptors (Lipinski definition) is 3. The Morgan fingerprint density at radius 3 is 2.95 bits per heavy atom. The third kappa shape index (κ3) is 3.06. The van der Waals surface area contributed by atoms with Gasteiger partial charge in [0.15, 0.2) is 0 Å². The number of nitrogens with one attached hydrogen (secondary N) is 1. The van der Waals surface area contributed by atoms with Gasteiger partial charge in [0.2, 0.25) is 5.95 Å². The largest absolute Gasteiger partial charge is 0.353 e. The lowest BCUT2D eigenvalue weighted by Crippen LogP contribution is -2.19. The van der Waals surface area contributed by atoms with Gasteiger partial charge in [0, 0.05) is 18.3 Å². The maximum Gasteiger partial charge on any atom is 0.203 e. The molecule has 1 atom stereocenters. The molecule has 0 bridgehead atoms. The Kier molecular flexibility index (Phi) is 4.10. The van der Waals surface area contributed by atoms with Gasteiger partial charge in [-0.1, -0.05) is 12.8 Å². The standard InChI is InChI=1S/C16H23N3S/c1-12-10-19(13(2)9-14-7-8-20-11-14)16(17-12)18-15-5-3-4-6-15/h7-8,10-11,13,15H,3-6,9H2,1-2H3,(H,17,18). The summed E-state index contributed by atoms with van der Waals surface area (Å²) in [5.41, 5.74) is 2.52. The minimum absolute atomic E-state index is 0.440. The molecule has 1 fully saturated rings. The third-order valence-corrected chi connectivity index (χ3v) is 4.86. The van der Waals surface area contributed by atoms with Gasteiger partial charge in [-0.15, -0.1) is 0 Å². The average molecular weight is 289 g/mol. The number of aromatic nitrogens is 2. The number of hydrogen-bond donors (Lipinski definition) is 1. The molecule has 2 aromatic rings. The average Bonchev–Trinajstić information content (AvgIpc) is 3.12. The van der Waals surface area contributed by atoms with Crippen molar-refractivity contribution in [1.29, 1.82) is 0 Å². The van der Waals surface area contributed by atoms with Crippen molar-refractivity contribution in [1.82, 2.24) is 9.55 Å². The zero-order valence-electron chi connectivity index (χ0n) is 12.3. The molecule has 1 N–H and O–H groups in total. The normalized spacial score (nSPS) is 17.5. The van der Waals surface area contributed by atoms with Crippen molar-refractivity contribution >= 4 is 17.3 Å². The topological polar surface area (TPSA) is 29.9 Å². The highest BCUT2D eigenvalue weighted by Gasteiger charge is 2.19. The van der Waals surface area contributed by atoms with Crippen LogP contribution in [-0.4, -0.2) is 15.6 Å². The van der Waals surface area contributed by atoms with E-state index >= 15 is 0 Å². The number of nitrogens with zero attached hydrogens (tertiary/aromatic N) is 2. The van der Waals surface area contributed by atoms with Gasteiger partial charge < -0.3 is 9.88 Å². The predicted octanol–water partition coefficient (Wildman–Crippen LogP) is 4.41. The Morgan fingerprint density at radius 1 is 1.45 bits per heavy atom. The van der Waals surface area contributed by atoms with E-state index in [1.165, 1.54) is 31.2 Å². The molecule has 1 aliphatic carbocycles. The van der Waals surface area contributed by atoms with Gasteiger partial charge >= 0.3 is 0 Å². The van der Waals surface area contributed by atoms with Crippen LogP contribution in [-0.2, 0) is 6.42 Å². The fourth-order valence-electron chi connectivity index (χ4n) is 3.06. The van der Waals surface area contributed by atoms with Crippen LogP contribution in [0.15, 0.2) is 23.0 Å². The van der Waals surface area contributed by atoms with Crippen molar-refractivity contribution in [3.8, 4) is 0 Å². The van der Waals surface area contributed by atoms with Gasteiger partial charge in [-0.2, -0.15) is 11.3 Å². The molecule has 3 nitrogen and oxygen atoms in total. The zero-order valence-corrected chi connectivity index (χ0v) is 13.1. The number of thiophene rings is 1. The van der Waals surface area contributed by atoms with Crippen molar-refractivity contribution in [3.05, 3.63) is 34.3 Å². The number of anilines is 1. The summed E-state index contributed by atoms with van der Waals surface area (Å²) in [6, 6.07) is 3.27. The molecule has 108 valence electrons. The van der Waals surface area contributed by atoms with Crippen LogP contribution in [0.2, 0.25) is 0 Å². The van der Waals surface area contributed by atoms with E-state index in [1.54, 1.807) is 11.3 Å². The summed E-state index contributed by atoms with van der Waals surface area (Å²) >= 11 is 1.77. The quantitative estimate of drug-likeness (QED) is 0.883. The van der Waals surface area contributed by atoms with Crippen LogP contribution < -0.4 is 5.32 Å². The number of imidazole rings is 1. The van der Waals surface area contributed by atoms with Crippen molar-refractivity contribution in [3.63, 3.8) is 0 Å². The molecule has 0 aromatic carbocycles. The molecule has 4 heteroatoms. The molecule has 0 aliphatic heterocycles. The Bertz CT molecular complexity index is 538. The Hall–Kier alpha value is -1.29. The van der Waals surface area contributed by atoms with Crippen LogP contribution in [0.5, 0.6) is 0 Å². The first-order valence-corrected chi connectivity index (χ1v) is 8.50. The van der Waals surface area contributed by atoms with Crippen LogP contribution in [0.4, 0.5) is 5.95 Å². The fourth-order valence-corrected chi connectivity index (χ4v) is 3.74. The summed E-state index contributed by atoms with van der Waals surface area (Å²) in [6.45, 7) is 4.35. The number of rotatable bonds is 5. The van der Waals surface area contributed by atoms with E-state index in [-0.39, 0.29) is 0 Å². The summed E-state index contributed by atoms with van der Waals surface area (Å²) in [6.07, 6.45) is 8.51. The SMILES string of the molecule is Cc1cn(C(C)Cc2ccsc2)c(NC2CCCC2)n1. The fraction of sp³-hybridized carbons (Fsp3) is 0.562. The van der Waals surface area contributed by atoms with Gasteiger partial charge in [0.1, 0.15) is 0 Å². The molecule has 3 rings (SSSR count). The maximum atomic E-state index is 4.68. The molecule has 0 spiro atoms. The lowest BCUT2D eigenvalue weighted by Gasteiger charge is -2.19. The van der Waals surface area contributed by atoms with Crippen molar-refractivity contribution < 1.29 is 0 Å². The molecule has 1 saturated carbocycles. The van der Waals surface area contributed by atoms with Crippen molar-refractivity contribution in [2.45, 2.75) is 58.0 Å². The summed E-state index contributed by atoms with van der Waals surface area (Å²) in [7, 11) is 0. The molecule has 1 aliphatic rings. The van der Waals surface area contributed by atoms with Crippen LogP contribution in [0.3, 0.4) is 0 Å². The second-order valence-electron chi connectivity index (χ2n) is 5.92. The lowest BCUT2D eigenvalue weighted by atomic mass is 10.1. The molecule has 20 heavy (non-hydrogen) atoms. The maximum absolute atomic E-state index is 4.68. The highest BCUT2D eigenvalue weighted by atomic mass is 32.1. The van der Waals surface area contributed by atoms with Crippen molar-refractivity contribution in [2.24, 2.45) is 0 Å². The minimum atomic E-state index is 0.440. The van der Waals surface area contributed by atoms with Gasteiger partial charge in [-0.05, 0) is 55.5 Å². The molecule has 0 radical (unpaired) electrons. The molecular weight excluding hydrogens is 266 g/mol. The Balaban J connectivity index is 1.74. The smallest absolute Gasteiger partial charge is 0.203 e. The molecule has 2 aromatic heterocycles. The summed E-state index contributed by atoms with van der Waals surface area (Å²) in [5.74, 6) is 1.05. The molecule has 1 unspecified atom stereocenters. The Morgan fingerprint density at radius 2 is 2.25 bits per heavy atom. The highest BCUT2D eigenvalue weighted by Crippen LogP contribution is 2.25. The van der Waals surface area contributed by atoms with E-state index in [2.05, 4.69) is 51.7 Å². The van der Waals surface area contributed by atoms with Crippen LogP contribution in [0, 0.1) is 6.92 Å². The van der Waals surface area contributed by atoms with E-state index in [1.807, 2.05) is 0 Å². The van der Waals surface area contributed by atoms with Gasteiger partial charge in [-0.25, -0.2) is 4.98 Å². The van der Waals surface area contributed by atoms with Crippen LogP contribution >= 0.6 is 11.3 Å². The van der Waals surface area contributed by atoms with Crippen molar-refractivity contribution in [2.75, 3.05) is 5.32 Å². The summed E-state index contributed by atoms with van der Waals surface area (Å²) in [5, 5.41) is 8.04. The first kappa shape index (κ1) is 13.7. The van der Waals surface area contributed by atoms with E-state index < -0.39 is 0 Å². The van der Waals surface area contributed by atoms with Gasteiger partial charge in [-0.3, -0.25) is 0 Å². The second kappa shape index (κ2) is 6.00. The Labute approximate surface area is 125 Å². The summed E-state index contributed by atoms with van der Waals surface area (Å²) < 4.78 is 2.31. The highest BCUT2D eigenvalue weighted by molar-refractivity contribution is 7.07. The second-order valence-corrected chi connectivity index (χ2v) is 6.70. The molecular formula is C16H23N3S. The lowest BCUT2D eigenvalue weighted by molar-refractivity contribution is 0.545. The first-order valence-electron chi connectivity index (χ1n) is 7.55. The molecule has 0 amide bonds. The van der Waals surface area contributed by atoms with E-state index in [4.69, 9.17) is 0 Å². The van der Waals surface area contributed by atoms with Crippen LogP contribution in [0.1, 0.15) is 49.9 Å². The van der Waals surface area contributed by atoms with Gasteiger partial charge in [0.05, 0.1) is 5.69 Å². The molecule has 0 saturated heterocycles. The molecule has 2 heterocycles. The third-order valence-electron chi connectivity index (χ3n) is 4.13. The van der Waals surface area contributed by atoms with E-state index in [9.17, 15) is 0 Å². The van der Waals surface area contributed by atoms with Gasteiger partial charge in [0.25, 0.3) is 0 Å². The van der Waals surface area contributed by atoms with Crippen LogP contribution in [0.25, 0.3) is 0 Å². The first-order chi connectivity index (χ1) is 9.72. The predicted molar refractivity (Wildman–Crippen MR) is 85.6 cm³/mol. The summed E-state index contributed by atoms with van der Waals surface area (Å²) in [4.78, 5) is 4.68. The monoisotopic (exact) mass is 289 g/mol. The minimum Gasteiger partial charge on any atom is -0.353 e. The van der Waals surface area contributed by atoms with E-state index in [0.717, 1.165) is 18.1 Å².